The predicted octanol–water partition coefficient (Wildman–Crippen LogP) is 1.06. The molecule has 2 N–H and O–H groups in total. The van der Waals surface area contributed by atoms with Crippen LogP contribution in [-0.4, -0.2) is 52.1 Å². The van der Waals surface area contributed by atoms with E-state index in [4.69, 9.17) is 14.2 Å². The monoisotopic (exact) mass is 383 g/mol. The molecule has 0 radical (unpaired) electrons. The Balaban J connectivity index is 1.55. The second-order valence-corrected chi connectivity index (χ2v) is 6.74. The standard InChI is InChI=1S/C19H17N3O6/c1-26-13-5-3-2-4-9(13)20-10-6-11(23)15-16(17(10)25)22-14(21-15)8-27-18-12(24)7-28-19(18)22/h2-6,12,18-20,24H,7-8H2,1H3/t12-,18-,19+/m1/s1. The number of allylic oxidation sites excluding steroid dienone is 2. The van der Waals surface area contributed by atoms with Crippen molar-refractivity contribution in [2.75, 3.05) is 19.0 Å². The third-order valence-electron chi connectivity index (χ3n) is 5.09. The number of ether oxygens (including phenoxy) is 3. The van der Waals surface area contributed by atoms with Crippen molar-refractivity contribution in [3.05, 3.63) is 53.3 Å². The van der Waals surface area contributed by atoms with E-state index in [1.54, 1.807) is 28.8 Å². The highest BCUT2D eigenvalue weighted by molar-refractivity contribution is 6.24. The molecule has 0 unspecified atom stereocenters. The minimum atomic E-state index is -0.799. The fourth-order valence-electron chi connectivity index (χ4n) is 3.78. The lowest BCUT2D eigenvalue weighted by Gasteiger charge is -2.29. The first-order valence-electron chi connectivity index (χ1n) is 8.81. The van der Waals surface area contributed by atoms with Crippen LogP contribution in [0, 0.1) is 0 Å². The van der Waals surface area contributed by atoms with Gasteiger partial charge in [-0.25, -0.2) is 4.98 Å². The number of aromatic nitrogens is 2. The number of rotatable bonds is 3. The molecule has 144 valence electrons. The minimum Gasteiger partial charge on any atom is -0.495 e. The van der Waals surface area contributed by atoms with E-state index in [0.29, 0.717) is 17.3 Å². The van der Waals surface area contributed by atoms with Gasteiger partial charge in [0.05, 0.1) is 25.1 Å². The van der Waals surface area contributed by atoms with Gasteiger partial charge in [-0.15, -0.1) is 0 Å². The van der Waals surface area contributed by atoms with Crippen molar-refractivity contribution in [2.24, 2.45) is 0 Å². The molecule has 0 amide bonds. The first kappa shape index (κ1) is 17.1. The van der Waals surface area contributed by atoms with Crippen LogP contribution in [0.2, 0.25) is 0 Å². The number of Topliss-reactive ketones (excluding diaryl/α,β-unsaturated/α-hetero) is 1. The second-order valence-electron chi connectivity index (χ2n) is 6.74. The molecule has 9 heteroatoms. The van der Waals surface area contributed by atoms with E-state index in [2.05, 4.69) is 10.3 Å². The first-order valence-corrected chi connectivity index (χ1v) is 8.81. The molecule has 0 bridgehead atoms. The van der Waals surface area contributed by atoms with E-state index in [1.807, 2.05) is 0 Å². The molecular weight excluding hydrogens is 366 g/mol. The number of imidazole rings is 1. The highest BCUT2D eigenvalue weighted by atomic mass is 16.6. The maximum atomic E-state index is 13.2. The number of ketones is 2. The summed E-state index contributed by atoms with van der Waals surface area (Å²) >= 11 is 0. The molecule has 0 saturated carbocycles. The molecule has 1 saturated heterocycles. The number of hydrogen-bond acceptors (Lipinski definition) is 8. The van der Waals surface area contributed by atoms with Crippen LogP contribution in [0.5, 0.6) is 5.75 Å². The lowest BCUT2D eigenvalue weighted by atomic mass is 10.0. The summed E-state index contributed by atoms with van der Waals surface area (Å²) in [5.74, 6) is 0.198. The number of methoxy groups -OCH3 is 1. The van der Waals surface area contributed by atoms with Crippen LogP contribution in [0.4, 0.5) is 5.69 Å². The van der Waals surface area contributed by atoms with Crippen molar-refractivity contribution in [3.63, 3.8) is 0 Å². The Labute approximate surface area is 159 Å². The van der Waals surface area contributed by atoms with E-state index < -0.39 is 18.4 Å². The number of nitrogens with one attached hydrogen (secondary N) is 1. The van der Waals surface area contributed by atoms with Crippen LogP contribution < -0.4 is 10.1 Å². The van der Waals surface area contributed by atoms with Crippen molar-refractivity contribution < 1.29 is 28.9 Å². The third-order valence-corrected chi connectivity index (χ3v) is 5.09. The number of aliphatic hydroxyl groups is 1. The average molecular weight is 383 g/mol. The van der Waals surface area contributed by atoms with Gasteiger partial charge in [-0.1, -0.05) is 12.1 Å². The van der Waals surface area contributed by atoms with Crippen molar-refractivity contribution in [1.82, 2.24) is 9.55 Å². The van der Waals surface area contributed by atoms with Crippen LogP contribution in [0.15, 0.2) is 36.0 Å². The normalized spacial score (nSPS) is 25.6. The van der Waals surface area contributed by atoms with Crippen molar-refractivity contribution >= 4 is 17.3 Å². The zero-order valence-corrected chi connectivity index (χ0v) is 14.9. The number of aliphatic hydroxyl groups excluding tert-OH is 1. The summed E-state index contributed by atoms with van der Waals surface area (Å²) in [6.45, 7) is 0.177. The Hall–Kier alpha value is -3.01. The second kappa shape index (κ2) is 6.26. The number of nitrogens with zero attached hydrogens (tertiary/aromatic N) is 2. The zero-order valence-electron chi connectivity index (χ0n) is 14.9. The molecule has 0 spiro atoms. The quantitative estimate of drug-likeness (QED) is 0.809. The highest BCUT2D eigenvalue weighted by Gasteiger charge is 2.46. The summed E-state index contributed by atoms with van der Waals surface area (Å²) in [7, 11) is 1.52. The van der Waals surface area contributed by atoms with Gasteiger partial charge in [-0.05, 0) is 12.1 Å². The Bertz CT molecular complexity index is 1030. The molecule has 3 atom stereocenters. The van der Waals surface area contributed by atoms with Gasteiger partial charge in [0.2, 0.25) is 11.6 Å². The summed E-state index contributed by atoms with van der Waals surface area (Å²) in [5.41, 5.74) is 0.895. The molecule has 1 aliphatic carbocycles. The number of benzene rings is 1. The molecule has 9 nitrogen and oxygen atoms in total. The predicted molar refractivity (Wildman–Crippen MR) is 95.2 cm³/mol. The van der Waals surface area contributed by atoms with Gasteiger partial charge in [0.1, 0.15) is 41.8 Å². The van der Waals surface area contributed by atoms with Gasteiger partial charge in [-0.3, -0.25) is 14.2 Å². The molecule has 1 aromatic carbocycles. The van der Waals surface area contributed by atoms with E-state index >= 15 is 0 Å². The number of hydrogen-bond donors (Lipinski definition) is 2. The Morgan fingerprint density at radius 2 is 2.11 bits per heavy atom. The molecule has 3 heterocycles. The van der Waals surface area contributed by atoms with E-state index in [9.17, 15) is 14.7 Å². The third kappa shape index (κ3) is 2.40. The maximum absolute atomic E-state index is 13.2. The van der Waals surface area contributed by atoms with E-state index in [-0.39, 0.29) is 41.9 Å². The van der Waals surface area contributed by atoms with Crippen molar-refractivity contribution in [1.29, 1.82) is 0 Å². The molecule has 1 aromatic heterocycles. The van der Waals surface area contributed by atoms with Gasteiger partial charge in [0.25, 0.3) is 0 Å². The number of anilines is 1. The topological polar surface area (TPSA) is 112 Å². The van der Waals surface area contributed by atoms with Gasteiger partial charge in [0, 0.05) is 6.08 Å². The fourth-order valence-corrected chi connectivity index (χ4v) is 3.78. The number of carbonyl (C=O) groups is 2. The Morgan fingerprint density at radius 3 is 2.93 bits per heavy atom. The summed E-state index contributed by atoms with van der Waals surface area (Å²) in [6.07, 6.45) is -0.867. The molecule has 2 aromatic rings. The molecule has 2 aliphatic heterocycles. The Morgan fingerprint density at radius 1 is 1.29 bits per heavy atom. The number of carbonyl (C=O) groups excluding carboxylic acids is 2. The summed E-state index contributed by atoms with van der Waals surface area (Å²) in [6, 6.07) is 7.10. The van der Waals surface area contributed by atoms with Crippen LogP contribution in [-0.2, 0) is 16.1 Å². The zero-order chi connectivity index (χ0) is 19.4. The minimum absolute atomic E-state index is 0.0693. The first-order chi connectivity index (χ1) is 13.6. The van der Waals surface area contributed by atoms with Gasteiger partial charge >= 0.3 is 0 Å². The Kier molecular flexibility index (Phi) is 3.83. The number of para-hydroxylation sites is 2. The van der Waals surface area contributed by atoms with Crippen LogP contribution in [0.25, 0.3) is 0 Å². The van der Waals surface area contributed by atoms with Gasteiger partial charge in [0.15, 0.2) is 6.23 Å². The molecule has 5 rings (SSSR count). The maximum Gasteiger partial charge on any atom is 0.228 e. The van der Waals surface area contributed by atoms with Crippen molar-refractivity contribution in [2.45, 2.75) is 25.0 Å². The SMILES string of the molecule is COc1ccccc1NC1=CC(=O)c2nc3n(c2C1=O)[C@H]1OC[C@@H](O)[C@H]1OC3. The largest absolute Gasteiger partial charge is 0.495 e. The molecule has 3 aliphatic rings. The molecular formula is C19H17N3O6. The summed E-state index contributed by atoms with van der Waals surface area (Å²) < 4.78 is 18.1. The average Bonchev–Trinajstić information content (AvgIpc) is 3.27. The molecule has 1 fully saturated rings. The van der Waals surface area contributed by atoms with E-state index in [0.717, 1.165) is 0 Å². The molecule has 28 heavy (non-hydrogen) atoms. The lowest BCUT2D eigenvalue weighted by molar-refractivity contribution is -0.0992. The van der Waals surface area contributed by atoms with Crippen LogP contribution >= 0.6 is 0 Å². The van der Waals surface area contributed by atoms with Crippen LogP contribution in [0.3, 0.4) is 0 Å². The van der Waals surface area contributed by atoms with Gasteiger partial charge in [-0.2, -0.15) is 0 Å². The van der Waals surface area contributed by atoms with Gasteiger partial charge < -0.3 is 24.6 Å². The smallest absolute Gasteiger partial charge is 0.228 e. The highest BCUT2D eigenvalue weighted by Crippen LogP contribution is 2.37. The van der Waals surface area contributed by atoms with E-state index in [1.165, 1.54) is 13.2 Å². The van der Waals surface area contributed by atoms with Crippen molar-refractivity contribution in [3.8, 4) is 5.75 Å². The summed E-state index contributed by atoms with van der Waals surface area (Å²) in [5, 5.41) is 13.0. The van der Waals surface area contributed by atoms with Crippen LogP contribution in [0.1, 0.15) is 33.0 Å². The number of fused-ring (bicyclic) bond motifs is 5. The lowest BCUT2D eigenvalue weighted by Crippen LogP contribution is -2.38. The fraction of sp³-hybridized carbons (Fsp3) is 0.316. The summed E-state index contributed by atoms with van der Waals surface area (Å²) in [4.78, 5) is 30.2.